The molecule has 2 aromatic heterocycles. The zero-order chi connectivity index (χ0) is 21.8. The maximum atomic E-state index is 13.4. The number of hydrogen-bond donors (Lipinski definition) is 0. The van der Waals surface area contributed by atoms with E-state index in [1.54, 1.807) is 10.8 Å². The molecule has 4 rings (SSSR count). The molecule has 1 aliphatic heterocycles. The van der Waals surface area contributed by atoms with E-state index in [4.69, 9.17) is 16.3 Å². The topological polar surface area (TPSA) is 64.4 Å². The van der Waals surface area contributed by atoms with Crippen LogP contribution in [0.4, 0.5) is 0 Å². The second-order valence-corrected chi connectivity index (χ2v) is 8.32. The van der Waals surface area contributed by atoms with E-state index < -0.39 is 0 Å². The number of ether oxygens (including phenoxy) is 1. The number of nitrogens with zero attached hydrogens (tertiary/aromatic N) is 3. The van der Waals surface area contributed by atoms with Crippen molar-refractivity contribution >= 4 is 28.5 Å². The smallest absolute Gasteiger partial charge is 0.309 e. The number of benzene rings is 1. The van der Waals surface area contributed by atoms with Crippen molar-refractivity contribution in [3.8, 4) is 0 Å². The van der Waals surface area contributed by atoms with Gasteiger partial charge in [0.05, 0.1) is 30.3 Å². The number of esters is 1. The Kier molecular flexibility index (Phi) is 6.68. The molecule has 1 aliphatic rings. The van der Waals surface area contributed by atoms with Gasteiger partial charge < -0.3 is 9.30 Å². The van der Waals surface area contributed by atoms with E-state index >= 15 is 0 Å². The van der Waals surface area contributed by atoms with E-state index in [1.165, 1.54) is 0 Å². The van der Waals surface area contributed by atoms with Crippen LogP contribution in [0.15, 0.2) is 53.5 Å². The third-order valence-corrected chi connectivity index (χ3v) is 6.02. The van der Waals surface area contributed by atoms with Crippen molar-refractivity contribution in [2.45, 2.75) is 32.9 Å². The Bertz CT molecular complexity index is 1120. The summed E-state index contributed by atoms with van der Waals surface area (Å²) in [6.45, 7) is 4.71. The van der Waals surface area contributed by atoms with Crippen LogP contribution in [-0.2, 0) is 22.6 Å². The Labute approximate surface area is 186 Å². The van der Waals surface area contributed by atoms with Gasteiger partial charge in [0.1, 0.15) is 0 Å². The van der Waals surface area contributed by atoms with Gasteiger partial charge in [-0.05, 0) is 68.6 Å². The van der Waals surface area contributed by atoms with Gasteiger partial charge in [0.2, 0.25) is 0 Å². The van der Waals surface area contributed by atoms with Gasteiger partial charge in [-0.25, -0.2) is 0 Å². The first-order valence-electron chi connectivity index (χ1n) is 10.7. The maximum absolute atomic E-state index is 13.4. The van der Waals surface area contributed by atoms with Crippen LogP contribution < -0.4 is 5.56 Å². The zero-order valence-electron chi connectivity index (χ0n) is 17.6. The molecule has 0 amide bonds. The second kappa shape index (κ2) is 9.62. The second-order valence-electron chi connectivity index (χ2n) is 7.89. The molecule has 3 aromatic rings. The summed E-state index contributed by atoms with van der Waals surface area (Å²) in [6, 6.07) is 13.3. The van der Waals surface area contributed by atoms with E-state index in [0.717, 1.165) is 48.1 Å². The summed E-state index contributed by atoms with van der Waals surface area (Å²) in [6.07, 6.45) is 3.24. The predicted molar refractivity (Wildman–Crippen MR) is 121 cm³/mol. The maximum Gasteiger partial charge on any atom is 0.309 e. The molecule has 1 fully saturated rings. The highest BCUT2D eigenvalue weighted by molar-refractivity contribution is 6.31. The molecule has 6 nitrogen and oxygen atoms in total. The summed E-state index contributed by atoms with van der Waals surface area (Å²) in [7, 11) is 0. The fourth-order valence-corrected chi connectivity index (χ4v) is 4.32. The fraction of sp³-hybridized carbons (Fsp3) is 0.375. The van der Waals surface area contributed by atoms with Crippen molar-refractivity contribution in [2.24, 2.45) is 5.92 Å². The first-order valence-corrected chi connectivity index (χ1v) is 11.0. The predicted octanol–water partition coefficient (Wildman–Crippen LogP) is 3.87. The van der Waals surface area contributed by atoms with Crippen LogP contribution in [-0.4, -0.2) is 40.1 Å². The number of carbonyl (C=O) groups is 1. The molecule has 0 saturated carbocycles. The molecule has 162 valence electrons. The first-order chi connectivity index (χ1) is 15.0. The van der Waals surface area contributed by atoms with Gasteiger partial charge in [0, 0.05) is 23.3 Å². The van der Waals surface area contributed by atoms with Gasteiger partial charge in [-0.15, -0.1) is 0 Å². The van der Waals surface area contributed by atoms with Crippen molar-refractivity contribution in [1.29, 1.82) is 0 Å². The average molecular weight is 440 g/mol. The molecule has 0 aliphatic carbocycles. The Morgan fingerprint density at radius 3 is 2.68 bits per heavy atom. The highest BCUT2D eigenvalue weighted by Crippen LogP contribution is 2.23. The lowest BCUT2D eigenvalue weighted by Gasteiger charge is -2.30. The molecular formula is C24H26ClN3O3. The lowest BCUT2D eigenvalue weighted by Crippen LogP contribution is -2.38. The number of fused-ring (bicyclic) bond motifs is 1. The average Bonchev–Trinajstić information content (AvgIpc) is 2.78. The molecule has 0 N–H and O–H groups in total. The minimum absolute atomic E-state index is 0.0343. The van der Waals surface area contributed by atoms with Crippen LogP contribution in [0.5, 0.6) is 0 Å². The lowest BCUT2D eigenvalue weighted by atomic mass is 9.96. The summed E-state index contributed by atoms with van der Waals surface area (Å²) in [5, 5.41) is 1.56. The number of hydrogen-bond acceptors (Lipinski definition) is 5. The number of pyridine rings is 2. The highest BCUT2D eigenvalue weighted by atomic mass is 35.5. The molecule has 3 heterocycles. The van der Waals surface area contributed by atoms with Crippen LogP contribution in [0.25, 0.3) is 10.9 Å². The van der Waals surface area contributed by atoms with Crippen molar-refractivity contribution < 1.29 is 9.53 Å². The van der Waals surface area contributed by atoms with E-state index in [2.05, 4.69) is 9.88 Å². The molecule has 0 atom stereocenters. The van der Waals surface area contributed by atoms with E-state index in [1.807, 2.05) is 49.4 Å². The SMILES string of the molecule is CCOC(=O)C1CCN(Cc2cc3ccc(Cl)cc3n(Cc3ccccn3)c2=O)CC1. The Morgan fingerprint density at radius 2 is 1.97 bits per heavy atom. The fourth-order valence-electron chi connectivity index (χ4n) is 4.16. The normalized spacial score (nSPS) is 15.3. The molecule has 1 saturated heterocycles. The number of likely N-dealkylation sites (tertiary alicyclic amines) is 1. The summed E-state index contributed by atoms with van der Waals surface area (Å²) < 4.78 is 6.91. The van der Waals surface area contributed by atoms with Crippen LogP contribution in [0.1, 0.15) is 31.0 Å². The first kappa shape index (κ1) is 21.5. The Morgan fingerprint density at radius 1 is 1.16 bits per heavy atom. The van der Waals surface area contributed by atoms with Crippen LogP contribution in [0, 0.1) is 5.92 Å². The Hall–Kier alpha value is -2.70. The van der Waals surface area contributed by atoms with Crippen molar-refractivity contribution in [1.82, 2.24) is 14.5 Å². The lowest BCUT2D eigenvalue weighted by molar-refractivity contribution is -0.149. The third-order valence-electron chi connectivity index (χ3n) is 5.78. The third kappa shape index (κ3) is 4.97. The number of aromatic nitrogens is 2. The Balaban J connectivity index is 1.60. The zero-order valence-corrected chi connectivity index (χ0v) is 18.3. The summed E-state index contributed by atoms with van der Waals surface area (Å²) >= 11 is 6.23. The monoisotopic (exact) mass is 439 g/mol. The minimum atomic E-state index is -0.109. The molecule has 0 unspecified atom stereocenters. The largest absolute Gasteiger partial charge is 0.466 e. The summed E-state index contributed by atoms with van der Waals surface area (Å²) in [5.41, 5.74) is 2.32. The van der Waals surface area contributed by atoms with Gasteiger partial charge in [0.15, 0.2) is 0 Å². The van der Waals surface area contributed by atoms with E-state index in [-0.39, 0.29) is 17.4 Å². The van der Waals surface area contributed by atoms with Gasteiger partial charge in [-0.3, -0.25) is 19.5 Å². The number of carbonyl (C=O) groups excluding carboxylic acids is 1. The van der Waals surface area contributed by atoms with Crippen LogP contribution >= 0.6 is 11.6 Å². The molecule has 0 spiro atoms. The van der Waals surface area contributed by atoms with Gasteiger partial charge in [-0.1, -0.05) is 23.7 Å². The minimum Gasteiger partial charge on any atom is -0.466 e. The highest BCUT2D eigenvalue weighted by Gasteiger charge is 2.26. The molecular weight excluding hydrogens is 414 g/mol. The van der Waals surface area contributed by atoms with Crippen molar-refractivity contribution in [2.75, 3.05) is 19.7 Å². The molecule has 31 heavy (non-hydrogen) atoms. The van der Waals surface area contributed by atoms with Crippen LogP contribution in [0.2, 0.25) is 5.02 Å². The van der Waals surface area contributed by atoms with Gasteiger partial charge in [-0.2, -0.15) is 0 Å². The van der Waals surface area contributed by atoms with E-state index in [9.17, 15) is 9.59 Å². The standard InChI is InChI=1S/C24H26ClN3O3/c1-2-31-24(30)17-8-11-27(12-9-17)15-19-13-18-6-7-20(25)14-22(18)28(23(19)29)16-21-5-3-4-10-26-21/h3-7,10,13-14,17H,2,8-9,11-12,15-16H2,1H3. The quantitative estimate of drug-likeness (QED) is 0.545. The van der Waals surface area contributed by atoms with Crippen molar-refractivity contribution in [3.63, 3.8) is 0 Å². The molecule has 7 heteroatoms. The van der Waals surface area contributed by atoms with Gasteiger partial charge >= 0.3 is 5.97 Å². The number of rotatable bonds is 6. The van der Waals surface area contributed by atoms with Crippen LogP contribution in [0.3, 0.4) is 0 Å². The molecule has 0 radical (unpaired) electrons. The van der Waals surface area contributed by atoms with Gasteiger partial charge in [0.25, 0.3) is 5.56 Å². The van der Waals surface area contributed by atoms with E-state index in [0.29, 0.717) is 24.7 Å². The molecule has 1 aromatic carbocycles. The molecule has 0 bridgehead atoms. The number of piperidine rings is 1. The number of halogens is 1. The summed E-state index contributed by atoms with van der Waals surface area (Å²) in [4.78, 5) is 32.0. The van der Waals surface area contributed by atoms with Crippen molar-refractivity contribution in [3.05, 3.63) is 75.3 Å². The summed E-state index contributed by atoms with van der Waals surface area (Å²) in [5.74, 6) is -0.154.